The summed E-state index contributed by atoms with van der Waals surface area (Å²) in [5.74, 6) is 0.650. The lowest BCUT2D eigenvalue weighted by molar-refractivity contribution is -0.558. The van der Waals surface area contributed by atoms with Gasteiger partial charge in [-0.2, -0.15) is 0 Å². The van der Waals surface area contributed by atoms with E-state index in [9.17, 15) is 4.79 Å². The maximum Gasteiger partial charge on any atom is 0.438 e. The Morgan fingerprint density at radius 2 is 2.00 bits per heavy atom. The minimum atomic E-state index is -0.554. The molecule has 4 N–H and O–H groups in total. The van der Waals surface area contributed by atoms with Crippen molar-refractivity contribution in [1.29, 1.82) is 0 Å². The number of aliphatic imine (C=N–C) groups is 1. The molecule has 0 aliphatic rings. The zero-order valence-electron chi connectivity index (χ0n) is 12.6. The smallest absolute Gasteiger partial charge is 0.438 e. The van der Waals surface area contributed by atoms with Crippen molar-refractivity contribution in [2.24, 2.45) is 10.7 Å². The molecule has 1 aromatic rings. The van der Waals surface area contributed by atoms with Crippen molar-refractivity contribution in [2.45, 2.75) is 46.4 Å². The van der Waals surface area contributed by atoms with Gasteiger partial charge in [0.05, 0.1) is 0 Å². The summed E-state index contributed by atoms with van der Waals surface area (Å²) in [7, 11) is 0. The number of hydrogen-bond donors (Lipinski definition) is 2. The lowest BCUT2D eigenvalue weighted by atomic mass is 10.1. The van der Waals surface area contributed by atoms with Crippen LogP contribution in [0.15, 0.2) is 29.3 Å². The molecule has 110 valence electrons. The molecule has 0 heterocycles. The van der Waals surface area contributed by atoms with Gasteiger partial charge < -0.3 is 10.5 Å². The summed E-state index contributed by atoms with van der Waals surface area (Å²) in [5, 5.41) is 1.90. The van der Waals surface area contributed by atoms with Crippen LogP contribution in [-0.4, -0.2) is 17.5 Å². The number of quaternary nitrogens is 1. The molecular weight excluding hydrogens is 254 g/mol. The van der Waals surface area contributed by atoms with Crippen LogP contribution in [0.5, 0.6) is 0 Å². The third-order valence-electron chi connectivity index (χ3n) is 2.52. The fourth-order valence-electron chi connectivity index (χ4n) is 1.62. The van der Waals surface area contributed by atoms with E-state index in [1.165, 1.54) is 0 Å². The third kappa shape index (κ3) is 6.45. The van der Waals surface area contributed by atoms with Gasteiger partial charge in [0.25, 0.3) is 0 Å². The Balaban J connectivity index is 2.53. The van der Waals surface area contributed by atoms with Crippen LogP contribution in [0.4, 0.5) is 4.79 Å². The number of amidine groups is 1. The summed E-state index contributed by atoms with van der Waals surface area (Å²) in [6.07, 6.45) is -0.554. The monoisotopic (exact) mass is 278 g/mol. The van der Waals surface area contributed by atoms with Gasteiger partial charge in [0.1, 0.15) is 12.1 Å². The quantitative estimate of drug-likeness (QED) is 0.650. The molecule has 0 saturated heterocycles. The number of nitrogens with two attached hydrogens (primary N) is 2. The van der Waals surface area contributed by atoms with E-state index < -0.39 is 11.7 Å². The molecule has 0 atom stereocenters. The van der Waals surface area contributed by atoms with Gasteiger partial charge in [-0.1, -0.05) is 18.2 Å². The molecule has 0 unspecified atom stereocenters. The number of rotatable bonds is 3. The number of benzene rings is 1. The van der Waals surface area contributed by atoms with Gasteiger partial charge >= 0.3 is 6.09 Å². The number of carbonyl (C=O) groups is 1. The summed E-state index contributed by atoms with van der Waals surface area (Å²) in [6.45, 7) is 8.48. The maximum atomic E-state index is 11.5. The highest BCUT2D eigenvalue weighted by Gasteiger charge is 2.16. The zero-order chi connectivity index (χ0) is 15.2. The fraction of sp³-hybridized carbons (Fsp3) is 0.467. The maximum absolute atomic E-state index is 11.5. The molecule has 5 nitrogen and oxygen atoms in total. The van der Waals surface area contributed by atoms with E-state index in [0.29, 0.717) is 18.9 Å². The van der Waals surface area contributed by atoms with E-state index in [4.69, 9.17) is 10.5 Å². The molecular formula is C15H24N3O2+. The van der Waals surface area contributed by atoms with Crippen molar-refractivity contribution in [1.82, 2.24) is 0 Å². The Labute approximate surface area is 120 Å². The molecule has 5 heteroatoms. The molecule has 0 saturated carbocycles. The van der Waals surface area contributed by atoms with Crippen LogP contribution in [0.3, 0.4) is 0 Å². The number of nitrogens with zero attached hydrogens (tertiary/aromatic N) is 1. The summed E-state index contributed by atoms with van der Waals surface area (Å²) in [6, 6.07) is 8.05. The van der Waals surface area contributed by atoms with Crippen LogP contribution in [0.1, 0.15) is 38.8 Å². The number of ether oxygens (including phenoxy) is 1. The van der Waals surface area contributed by atoms with Crippen LogP contribution >= 0.6 is 0 Å². The van der Waals surface area contributed by atoms with Gasteiger partial charge in [-0.3, -0.25) is 5.32 Å². The number of hydrogen-bond acceptors (Lipinski definition) is 3. The van der Waals surface area contributed by atoms with Crippen molar-refractivity contribution >= 4 is 11.9 Å². The summed E-state index contributed by atoms with van der Waals surface area (Å²) < 4.78 is 5.13. The fourth-order valence-corrected chi connectivity index (χ4v) is 1.62. The van der Waals surface area contributed by atoms with Crippen molar-refractivity contribution in [3.63, 3.8) is 0 Å². The molecule has 0 bridgehead atoms. The van der Waals surface area contributed by atoms with E-state index in [2.05, 4.69) is 11.1 Å². The van der Waals surface area contributed by atoms with E-state index in [1.54, 1.807) is 6.92 Å². The van der Waals surface area contributed by atoms with E-state index in [1.807, 2.05) is 44.3 Å². The normalized spacial score (nSPS) is 12.3. The Morgan fingerprint density at radius 1 is 1.35 bits per heavy atom. The van der Waals surface area contributed by atoms with Gasteiger partial charge in [0.2, 0.25) is 5.84 Å². The Hall–Kier alpha value is -1.72. The second kappa shape index (κ2) is 7.17. The van der Waals surface area contributed by atoms with E-state index >= 15 is 0 Å². The first-order valence-corrected chi connectivity index (χ1v) is 6.69. The second-order valence-corrected chi connectivity index (χ2v) is 5.67. The van der Waals surface area contributed by atoms with E-state index in [-0.39, 0.29) is 0 Å². The Morgan fingerprint density at radius 3 is 2.60 bits per heavy atom. The first-order chi connectivity index (χ1) is 9.30. The molecule has 0 radical (unpaired) electrons. The molecule has 1 amide bonds. The minimum Gasteiger partial charge on any atom is -0.442 e. The highest BCUT2D eigenvalue weighted by molar-refractivity contribution is 5.84. The highest BCUT2D eigenvalue weighted by Crippen LogP contribution is 2.07. The molecule has 20 heavy (non-hydrogen) atoms. The van der Waals surface area contributed by atoms with Crippen LogP contribution in [0.2, 0.25) is 0 Å². The van der Waals surface area contributed by atoms with Gasteiger partial charge in [-0.25, -0.2) is 4.79 Å². The van der Waals surface area contributed by atoms with Crippen LogP contribution < -0.4 is 11.1 Å². The molecule has 0 fully saturated rings. The van der Waals surface area contributed by atoms with Crippen molar-refractivity contribution < 1.29 is 14.8 Å². The van der Waals surface area contributed by atoms with Crippen molar-refractivity contribution in [3.8, 4) is 0 Å². The first kappa shape index (κ1) is 16.3. The van der Waals surface area contributed by atoms with Gasteiger partial charge in [0, 0.05) is 19.0 Å². The SMILES string of the molecule is CC(=NC(=O)OC(C)(C)C)[NH2+]Cc1cccc(CN)c1. The van der Waals surface area contributed by atoms with Gasteiger partial charge in [0.15, 0.2) is 0 Å². The Kier molecular flexibility index (Phi) is 5.85. The first-order valence-electron chi connectivity index (χ1n) is 6.69. The van der Waals surface area contributed by atoms with Gasteiger partial charge in [-0.05, 0) is 32.4 Å². The molecule has 0 aliphatic carbocycles. The topological polar surface area (TPSA) is 81.3 Å². The number of carbonyl (C=O) groups excluding carboxylic acids is 1. The average Bonchev–Trinajstić information content (AvgIpc) is 2.34. The van der Waals surface area contributed by atoms with Crippen molar-refractivity contribution in [3.05, 3.63) is 35.4 Å². The predicted octanol–water partition coefficient (Wildman–Crippen LogP) is 1.56. The summed E-state index contributed by atoms with van der Waals surface area (Å²) >= 11 is 0. The van der Waals surface area contributed by atoms with E-state index in [0.717, 1.165) is 11.1 Å². The lowest BCUT2D eigenvalue weighted by Gasteiger charge is -2.17. The highest BCUT2D eigenvalue weighted by atomic mass is 16.6. The molecule has 1 rings (SSSR count). The predicted molar refractivity (Wildman–Crippen MR) is 79.3 cm³/mol. The Bertz CT molecular complexity index is 490. The van der Waals surface area contributed by atoms with Crippen molar-refractivity contribution in [2.75, 3.05) is 0 Å². The number of amides is 1. The standard InChI is InChI=1S/C15H23N3O2/c1-11(18-14(19)20-15(2,3)4)17-10-13-7-5-6-12(8-13)9-16/h5-8H,9-10,16H2,1-4H3,(H,17,18,19)/p+1. The zero-order valence-corrected chi connectivity index (χ0v) is 12.6. The molecule has 0 aromatic heterocycles. The lowest BCUT2D eigenvalue weighted by Crippen LogP contribution is -2.85. The summed E-state index contributed by atoms with van der Waals surface area (Å²) in [5.41, 5.74) is 7.33. The largest absolute Gasteiger partial charge is 0.442 e. The van der Waals surface area contributed by atoms with Crippen LogP contribution in [0, 0.1) is 0 Å². The molecule has 0 spiro atoms. The summed E-state index contributed by atoms with van der Waals surface area (Å²) in [4.78, 5) is 15.4. The van der Waals surface area contributed by atoms with Crippen LogP contribution in [-0.2, 0) is 17.8 Å². The van der Waals surface area contributed by atoms with Crippen LogP contribution in [0.25, 0.3) is 0 Å². The molecule has 0 aliphatic heterocycles. The van der Waals surface area contributed by atoms with Gasteiger partial charge in [-0.15, -0.1) is 4.99 Å². The minimum absolute atomic E-state index is 0.518. The second-order valence-electron chi connectivity index (χ2n) is 5.67. The average molecular weight is 278 g/mol. The third-order valence-corrected chi connectivity index (χ3v) is 2.52. The molecule has 1 aromatic carbocycles.